The molecule has 4 unspecified atom stereocenters. The van der Waals surface area contributed by atoms with Crippen molar-refractivity contribution in [2.45, 2.75) is 24.7 Å². The molecule has 1 aliphatic heterocycles. The molecule has 0 aliphatic carbocycles. The lowest BCUT2D eigenvalue weighted by Gasteiger charge is -2.33. The van der Waals surface area contributed by atoms with E-state index < -0.39 is 5.92 Å². The SMILES string of the molecule is CC1NC(=O)C(C#N)C(C)C1Br. The van der Waals surface area contributed by atoms with E-state index in [1.807, 2.05) is 19.9 Å². The Balaban J connectivity index is 2.81. The molecule has 0 bridgehead atoms. The standard InChI is InChI=1S/C8H11BrN2O/c1-4-6(3-10)8(12)11-5(2)7(4)9/h4-7H,1-2H3,(H,11,12). The summed E-state index contributed by atoms with van der Waals surface area (Å²) in [6.45, 7) is 3.85. The van der Waals surface area contributed by atoms with Gasteiger partial charge in [-0.3, -0.25) is 4.79 Å². The van der Waals surface area contributed by atoms with E-state index in [1.165, 1.54) is 0 Å². The molecule has 3 nitrogen and oxygen atoms in total. The highest BCUT2D eigenvalue weighted by atomic mass is 79.9. The maximum Gasteiger partial charge on any atom is 0.237 e. The first kappa shape index (κ1) is 9.53. The summed E-state index contributed by atoms with van der Waals surface area (Å²) in [4.78, 5) is 11.4. The summed E-state index contributed by atoms with van der Waals surface area (Å²) in [5.41, 5.74) is 0. The molecule has 0 aromatic heterocycles. The zero-order chi connectivity index (χ0) is 9.30. The third-order valence-electron chi connectivity index (χ3n) is 2.30. The van der Waals surface area contributed by atoms with Gasteiger partial charge in [0, 0.05) is 10.9 Å². The lowest BCUT2D eigenvalue weighted by Crippen LogP contribution is -2.52. The minimum absolute atomic E-state index is 0.0822. The number of carbonyl (C=O) groups excluding carboxylic acids is 1. The van der Waals surface area contributed by atoms with Crippen LogP contribution in [-0.4, -0.2) is 16.8 Å². The second-order valence-electron chi connectivity index (χ2n) is 3.21. The van der Waals surface area contributed by atoms with E-state index in [9.17, 15) is 4.79 Å². The van der Waals surface area contributed by atoms with Crippen molar-refractivity contribution >= 4 is 21.8 Å². The Bertz CT molecular complexity index is 236. The van der Waals surface area contributed by atoms with E-state index in [2.05, 4.69) is 21.2 Å². The van der Waals surface area contributed by atoms with Crippen molar-refractivity contribution < 1.29 is 4.79 Å². The molecule has 12 heavy (non-hydrogen) atoms. The summed E-state index contributed by atoms with van der Waals surface area (Å²) in [6.07, 6.45) is 0. The summed E-state index contributed by atoms with van der Waals surface area (Å²) in [5, 5.41) is 11.5. The van der Waals surface area contributed by atoms with Crippen LogP contribution in [0.3, 0.4) is 0 Å². The van der Waals surface area contributed by atoms with E-state index >= 15 is 0 Å². The summed E-state index contributed by atoms with van der Waals surface area (Å²) >= 11 is 3.46. The number of nitriles is 1. The van der Waals surface area contributed by atoms with Crippen molar-refractivity contribution in [2.75, 3.05) is 0 Å². The van der Waals surface area contributed by atoms with Gasteiger partial charge in [0.25, 0.3) is 0 Å². The Morgan fingerprint density at radius 1 is 1.58 bits per heavy atom. The smallest absolute Gasteiger partial charge is 0.237 e. The number of halogens is 1. The topological polar surface area (TPSA) is 52.9 Å². The maximum absolute atomic E-state index is 11.2. The first-order chi connectivity index (χ1) is 5.57. The van der Waals surface area contributed by atoms with Crippen LogP contribution < -0.4 is 5.32 Å². The Morgan fingerprint density at radius 3 is 2.67 bits per heavy atom. The number of piperidine rings is 1. The number of rotatable bonds is 0. The highest BCUT2D eigenvalue weighted by molar-refractivity contribution is 9.09. The molecule has 1 saturated heterocycles. The van der Waals surface area contributed by atoms with E-state index in [1.54, 1.807) is 0 Å². The van der Waals surface area contributed by atoms with E-state index in [0.717, 1.165) is 0 Å². The number of amides is 1. The fourth-order valence-electron chi connectivity index (χ4n) is 1.45. The number of nitrogens with zero attached hydrogens (tertiary/aromatic N) is 1. The van der Waals surface area contributed by atoms with Crippen molar-refractivity contribution in [1.82, 2.24) is 5.32 Å². The number of hydrogen-bond donors (Lipinski definition) is 1. The van der Waals surface area contributed by atoms with Gasteiger partial charge in [-0.1, -0.05) is 22.9 Å². The van der Waals surface area contributed by atoms with E-state index in [4.69, 9.17) is 5.26 Å². The largest absolute Gasteiger partial charge is 0.351 e. The summed E-state index contributed by atoms with van der Waals surface area (Å²) < 4.78 is 0. The number of carbonyl (C=O) groups is 1. The normalized spacial score (nSPS) is 41.7. The summed E-state index contributed by atoms with van der Waals surface area (Å²) in [6, 6.07) is 2.12. The molecule has 1 N–H and O–H groups in total. The lowest BCUT2D eigenvalue weighted by molar-refractivity contribution is -0.127. The van der Waals surface area contributed by atoms with Crippen LogP contribution in [0.4, 0.5) is 0 Å². The molecule has 0 saturated carbocycles. The average Bonchev–Trinajstić information content (AvgIpc) is 2.01. The summed E-state index contributed by atoms with van der Waals surface area (Å²) in [5.74, 6) is -0.572. The van der Waals surface area contributed by atoms with Crippen molar-refractivity contribution in [3.05, 3.63) is 0 Å². The Kier molecular flexibility index (Phi) is 2.73. The Labute approximate surface area is 80.3 Å². The van der Waals surface area contributed by atoms with Gasteiger partial charge in [-0.25, -0.2) is 0 Å². The van der Waals surface area contributed by atoms with Crippen LogP contribution in [0.25, 0.3) is 0 Å². The molecule has 1 rings (SSSR count). The van der Waals surface area contributed by atoms with Crippen molar-refractivity contribution in [1.29, 1.82) is 5.26 Å². The maximum atomic E-state index is 11.2. The number of hydrogen-bond acceptors (Lipinski definition) is 2. The molecule has 1 fully saturated rings. The summed E-state index contributed by atoms with van der Waals surface area (Å²) in [7, 11) is 0. The van der Waals surface area contributed by atoms with Gasteiger partial charge in [0.15, 0.2) is 0 Å². The predicted octanol–water partition coefficient (Wildman–Crippen LogP) is 1.04. The zero-order valence-electron chi connectivity index (χ0n) is 7.04. The van der Waals surface area contributed by atoms with Gasteiger partial charge in [-0.05, 0) is 12.8 Å². The van der Waals surface area contributed by atoms with Gasteiger partial charge in [0.2, 0.25) is 5.91 Å². The Hall–Kier alpha value is -0.560. The quantitative estimate of drug-likeness (QED) is 0.633. The van der Waals surface area contributed by atoms with Gasteiger partial charge in [-0.2, -0.15) is 5.26 Å². The van der Waals surface area contributed by atoms with Crippen LogP contribution in [0.5, 0.6) is 0 Å². The minimum Gasteiger partial charge on any atom is -0.351 e. The first-order valence-electron chi connectivity index (χ1n) is 3.92. The van der Waals surface area contributed by atoms with Gasteiger partial charge in [-0.15, -0.1) is 0 Å². The van der Waals surface area contributed by atoms with E-state index in [-0.39, 0.29) is 22.7 Å². The van der Waals surface area contributed by atoms with Crippen LogP contribution in [0, 0.1) is 23.2 Å². The van der Waals surface area contributed by atoms with Crippen LogP contribution >= 0.6 is 15.9 Å². The molecular weight excluding hydrogens is 220 g/mol. The van der Waals surface area contributed by atoms with Crippen LogP contribution in [0.15, 0.2) is 0 Å². The molecular formula is C8H11BrN2O. The van der Waals surface area contributed by atoms with Crippen LogP contribution in [0.1, 0.15) is 13.8 Å². The second-order valence-corrected chi connectivity index (χ2v) is 4.26. The number of alkyl halides is 1. The van der Waals surface area contributed by atoms with Crippen molar-refractivity contribution in [2.24, 2.45) is 11.8 Å². The average molecular weight is 231 g/mol. The number of nitrogens with one attached hydrogen (secondary N) is 1. The molecule has 1 heterocycles. The van der Waals surface area contributed by atoms with Gasteiger partial charge < -0.3 is 5.32 Å². The van der Waals surface area contributed by atoms with Crippen molar-refractivity contribution in [3.63, 3.8) is 0 Å². The molecule has 4 heteroatoms. The van der Waals surface area contributed by atoms with Gasteiger partial charge in [0.1, 0.15) is 5.92 Å². The fraction of sp³-hybridized carbons (Fsp3) is 0.750. The molecule has 0 aromatic rings. The second kappa shape index (κ2) is 3.44. The van der Waals surface area contributed by atoms with Gasteiger partial charge >= 0.3 is 0 Å². The molecule has 1 amide bonds. The monoisotopic (exact) mass is 230 g/mol. The molecule has 66 valence electrons. The lowest BCUT2D eigenvalue weighted by atomic mass is 9.85. The predicted molar refractivity (Wildman–Crippen MR) is 48.6 cm³/mol. The molecule has 1 aliphatic rings. The zero-order valence-corrected chi connectivity index (χ0v) is 8.63. The highest BCUT2D eigenvalue weighted by Gasteiger charge is 2.38. The fourth-order valence-corrected chi connectivity index (χ4v) is 1.89. The first-order valence-corrected chi connectivity index (χ1v) is 4.83. The van der Waals surface area contributed by atoms with Crippen LogP contribution in [-0.2, 0) is 4.79 Å². The highest BCUT2D eigenvalue weighted by Crippen LogP contribution is 2.28. The third kappa shape index (κ3) is 1.46. The third-order valence-corrected chi connectivity index (χ3v) is 3.92. The molecule has 0 spiro atoms. The van der Waals surface area contributed by atoms with Crippen LogP contribution in [0.2, 0.25) is 0 Å². The molecule has 4 atom stereocenters. The Morgan fingerprint density at radius 2 is 2.17 bits per heavy atom. The van der Waals surface area contributed by atoms with Gasteiger partial charge in [0.05, 0.1) is 6.07 Å². The van der Waals surface area contributed by atoms with E-state index in [0.29, 0.717) is 0 Å². The minimum atomic E-state index is -0.509. The molecule has 0 aromatic carbocycles. The molecule has 0 radical (unpaired) electrons. The van der Waals surface area contributed by atoms with Crippen molar-refractivity contribution in [3.8, 4) is 6.07 Å².